The van der Waals surface area contributed by atoms with E-state index in [9.17, 15) is 10.1 Å². The number of nitrogens with zero attached hydrogens (tertiary/aromatic N) is 4. The number of benzene rings is 2. The fourth-order valence-corrected chi connectivity index (χ4v) is 4.18. The van der Waals surface area contributed by atoms with Crippen LogP contribution in [0.2, 0.25) is 5.02 Å². The van der Waals surface area contributed by atoms with Crippen LogP contribution in [-0.4, -0.2) is 29.8 Å². The van der Waals surface area contributed by atoms with E-state index in [1.807, 2.05) is 49.3 Å². The molecule has 2 aromatic heterocycles. The first kappa shape index (κ1) is 18.4. The molecule has 0 aliphatic heterocycles. The summed E-state index contributed by atoms with van der Waals surface area (Å²) in [4.78, 5) is 24.3. The van der Waals surface area contributed by atoms with Gasteiger partial charge in [0.2, 0.25) is 0 Å². The van der Waals surface area contributed by atoms with Crippen LogP contribution in [0.4, 0.5) is 5.82 Å². The third-order valence-electron chi connectivity index (χ3n) is 4.43. The Bertz CT molecular complexity index is 1260. The van der Waals surface area contributed by atoms with Crippen molar-refractivity contribution in [2.24, 2.45) is 0 Å². The van der Waals surface area contributed by atoms with Crippen LogP contribution in [0, 0.1) is 11.3 Å². The fourth-order valence-electron chi connectivity index (χ4n) is 3.02. The molecule has 0 spiro atoms. The van der Waals surface area contributed by atoms with Gasteiger partial charge in [0.25, 0.3) is 0 Å². The molecular formula is C21H15ClN4OS. The van der Waals surface area contributed by atoms with Crippen LogP contribution in [0.1, 0.15) is 21.3 Å². The van der Waals surface area contributed by atoms with Gasteiger partial charge in [-0.25, -0.2) is 9.97 Å². The maximum atomic E-state index is 13.4. The first-order valence-electron chi connectivity index (χ1n) is 8.55. The van der Waals surface area contributed by atoms with Crippen LogP contribution < -0.4 is 4.90 Å². The summed E-state index contributed by atoms with van der Waals surface area (Å²) in [6.07, 6.45) is 0. The number of carbonyl (C=O) groups is 1. The number of carbonyl (C=O) groups excluding carboxylic acids is 1. The number of Topliss-reactive ketones (excluding diaryl/α,β-unsaturated/α-hetero) is 1. The highest BCUT2D eigenvalue weighted by molar-refractivity contribution is 7.18. The molecule has 7 heteroatoms. The summed E-state index contributed by atoms with van der Waals surface area (Å²) >= 11 is 7.37. The van der Waals surface area contributed by atoms with Crippen molar-refractivity contribution >= 4 is 55.7 Å². The third kappa shape index (κ3) is 3.19. The molecule has 0 fully saturated rings. The Balaban J connectivity index is 1.85. The number of halogens is 1. The van der Waals surface area contributed by atoms with Gasteiger partial charge in [-0.3, -0.25) is 4.79 Å². The second kappa shape index (κ2) is 7.19. The quantitative estimate of drug-likeness (QED) is 0.443. The number of ketones is 1. The number of para-hydroxylation sites is 1. The Morgan fingerprint density at radius 3 is 2.68 bits per heavy atom. The number of nitriles is 1. The molecule has 0 N–H and O–H groups in total. The summed E-state index contributed by atoms with van der Waals surface area (Å²) < 4.78 is 0.890. The minimum atomic E-state index is -0.989. The Labute approximate surface area is 170 Å². The molecule has 28 heavy (non-hydrogen) atoms. The molecule has 2 aromatic carbocycles. The van der Waals surface area contributed by atoms with Crippen LogP contribution in [0.15, 0.2) is 48.5 Å². The SMILES string of the molecule is CN(C)c1cc(C(=O)C(C#N)c2nc3cc(Cl)ccc3s2)c2ccccc2n1. The van der Waals surface area contributed by atoms with E-state index in [0.29, 0.717) is 32.4 Å². The number of hydrogen-bond donors (Lipinski definition) is 0. The summed E-state index contributed by atoms with van der Waals surface area (Å²) in [7, 11) is 3.73. The molecule has 0 amide bonds. The van der Waals surface area contributed by atoms with E-state index in [0.717, 1.165) is 10.1 Å². The molecule has 138 valence electrons. The molecule has 1 unspecified atom stereocenters. The van der Waals surface area contributed by atoms with Gasteiger partial charge in [-0.15, -0.1) is 11.3 Å². The molecule has 0 saturated carbocycles. The van der Waals surface area contributed by atoms with E-state index in [1.54, 1.807) is 18.2 Å². The summed E-state index contributed by atoms with van der Waals surface area (Å²) in [5.41, 5.74) is 1.87. The van der Waals surface area contributed by atoms with Crippen LogP contribution in [0.3, 0.4) is 0 Å². The molecule has 0 saturated heterocycles. The maximum Gasteiger partial charge on any atom is 0.187 e. The van der Waals surface area contributed by atoms with Gasteiger partial charge in [0.05, 0.1) is 21.8 Å². The van der Waals surface area contributed by atoms with Gasteiger partial charge in [0.1, 0.15) is 10.8 Å². The number of fused-ring (bicyclic) bond motifs is 2. The molecule has 4 rings (SSSR count). The summed E-state index contributed by atoms with van der Waals surface area (Å²) in [6.45, 7) is 0. The van der Waals surface area contributed by atoms with Gasteiger partial charge >= 0.3 is 0 Å². The topological polar surface area (TPSA) is 69.9 Å². The van der Waals surface area contributed by atoms with E-state index < -0.39 is 5.92 Å². The number of pyridine rings is 1. The predicted molar refractivity (Wildman–Crippen MR) is 113 cm³/mol. The molecule has 0 radical (unpaired) electrons. The summed E-state index contributed by atoms with van der Waals surface area (Å²) in [5.74, 6) is -0.610. The standard InChI is InChI=1S/C21H15ClN4OS/c1-26(2)19-10-14(13-5-3-4-6-16(13)24-19)20(27)15(11-23)21-25-17-9-12(22)7-8-18(17)28-21/h3-10,15H,1-2H3. The Morgan fingerprint density at radius 1 is 1.14 bits per heavy atom. The van der Waals surface area contributed by atoms with Crippen LogP contribution in [-0.2, 0) is 0 Å². The number of thiazole rings is 1. The third-order valence-corrected chi connectivity index (χ3v) is 5.77. The highest BCUT2D eigenvalue weighted by Gasteiger charge is 2.27. The number of aromatic nitrogens is 2. The van der Waals surface area contributed by atoms with E-state index in [4.69, 9.17) is 11.6 Å². The minimum Gasteiger partial charge on any atom is -0.363 e. The Hall–Kier alpha value is -3.01. The Kier molecular flexibility index (Phi) is 4.71. The zero-order valence-corrected chi connectivity index (χ0v) is 16.8. The number of rotatable bonds is 4. The van der Waals surface area contributed by atoms with E-state index >= 15 is 0 Å². The zero-order chi connectivity index (χ0) is 19.8. The lowest BCUT2D eigenvalue weighted by Gasteiger charge is -2.15. The van der Waals surface area contributed by atoms with E-state index in [-0.39, 0.29) is 5.78 Å². The smallest absolute Gasteiger partial charge is 0.187 e. The molecule has 1 atom stereocenters. The Morgan fingerprint density at radius 2 is 1.93 bits per heavy atom. The minimum absolute atomic E-state index is 0.283. The highest BCUT2D eigenvalue weighted by Crippen LogP contribution is 2.33. The second-order valence-electron chi connectivity index (χ2n) is 6.53. The van der Waals surface area contributed by atoms with Crippen molar-refractivity contribution in [1.82, 2.24) is 9.97 Å². The van der Waals surface area contributed by atoms with Crippen molar-refractivity contribution in [3.05, 3.63) is 64.1 Å². The largest absolute Gasteiger partial charge is 0.363 e. The van der Waals surface area contributed by atoms with Gasteiger partial charge in [-0.2, -0.15) is 5.26 Å². The van der Waals surface area contributed by atoms with Crippen molar-refractivity contribution in [2.75, 3.05) is 19.0 Å². The van der Waals surface area contributed by atoms with Gasteiger partial charge in [0, 0.05) is 30.1 Å². The number of anilines is 1. The molecular weight excluding hydrogens is 392 g/mol. The molecule has 5 nitrogen and oxygen atoms in total. The average molecular weight is 407 g/mol. The second-order valence-corrected chi connectivity index (χ2v) is 8.03. The van der Waals surface area contributed by atoms with E-state index in [2.05, 4.69) is 16.0 Å². The van der Waals surface area contributed by atoms with Crippen molar-refractivity contribution < 1.29 is 4.79 Å². The monoisotopic (exact) mass is 406 g/mol. The predicted octanol–water partition coefficient (Wildman–Crippen LogP) is 5.05. The van der Waals surface area contributed by atoms with Crippen LogP contribution in [0.25, 0.3) is 21.1 Å². The summed E-state index contributed by atoms with van der Waals surface area (Å²) in [5, 5.41) is 11.5. The lowest BCUT2D eigenvalue weighted by Crippen LogP contribution is -2.15. The van der Waals surface area contributed by atoms with Gasteiger partial charge < -0.3 is 4.90 Å². The molecule has 0 bridgehead atoms. The van der Waals surface area contributed by atoms with Crippen molar-refractivity contribution in [3.8, 4) is 6.07 Å². The molecule has 2 heterocycles. The zero-order valence-electron chi connectivity index (χ0n) is 15.2. The normalized spacial score (nSPS) is 12.1. The first-order valence-corrected chi connectivity index (χ1v) is 9.74. The molecule has 0 aliphatic rings. The highest BCUT2D eigenvalue weighted by atomic mass is 35.5. The lowest BCUT2D eigenvalue weighted by atomic mass is 9.96. The lowest BCUT2D eigenvalue weighted by molar-refractivity contribution is 0.0980. The van der Waals surface area contributed by atoms with Gasteiger partial charge in [0.15, 0.2) is 11.7 Å². The van der Waals surface area contributed by atoms with Gasteiger partial charge in [-0.05, 0) is 30.3 Å². The molecule has 0 aliphatic carbocycles. The average Bonchev–Trinajstić information content (AvgIpc) is 3.10. The van der Waals surface area contributed by atoms with Crippen LogP contribution in [0.5, 0.6) is 0 Å². The van der Waals surface area contributed by atoms with Gasteiger partial charge in [-0.1, -0.05) is 29.8 Å². The maximum absolute atomic E-state index is 13.4. The fraction of sp³-hybridized carbons (Fsp3) is 0.143. The van der Waals surface area contributed by atoms with Crippen molar-refractivity contribution in [1.29, 1.82) is 5.26 Å². The van der Waals surface area contributed by atoms with Crippen LogP contribution >= 0.6 is 22.9 Å². The number of hydrogen-bond acceptors (Lipinski definition) is 6. The summed E-state index contributed by atoms with van der Waals surface area (Å²) in [6, 6.07) is 16.7. The van der Waals surface area contributed by atoms with Crippen molar-refractivity contribution in [3.63, 3.8) is 0 Å². The van der Waals surface area contributed by atoms with E-state index in [1.165, 1.54) is 11.3 Å². The molecule has 4 aromatic rings. The first-order chi connectivity index (χ1) is 13.5. The van der Waals surface area contributed by atoms with Crippen molar-refractivity contribution in [2.45, 2.75) is 5.92 Å².